The number of hydrogen-bond acceptors (Lipinski definition) is 7. The fraction of sp³-hybridized carbons (Fsp3) is 1.00. The van der Waals surface area contributed by atoms with E-state index in [2.05, 4.69) is 0 Å². The zero-order chi connectivity index (χ0) is 11.6. The van der Waals surface area contributed by atoms with Crippen LogP contribution in [-0.4, -0.2) is 63.4 Å². The lowest BCUT2D eigenvalue weighted by Gasteiger charge is -2.07. The second kappa shape index (κ2) is 9.49. The van der Waals surface area contributed by atoms with E-state index in [1.807, 2.05) is 0 Å². The third-order valence-corrected chi connectivity index (χ3v) is 1.29. The van der Waals surface area contributed by atoms with Crippen LogP contribution in [0.25, 0.3) is 0 Å². The Labute approximate surface area is 83.0 Å². The second-order valence-electron chi connectivity index (χ2n) is 2.70. The van der Waals surface area contributed by atoms with Gasteiger partial charge in [0.25, 0.3) is 0 Å². The summed E-state index contributed by atoms with van der Waals surface area (Å²) in [7, 11) is -4.61. The van der Waals surface area contributed by atoms with Crippen LogP contribution < -0.4 is 0 Å². The van der Waals surface area contributed by atoms with Crippen molar-refractivity contribution in [3.05, 3.63) is 0 Å². The molecule has 0 heterocycles. The molecule has 0 aromatic rings. The van der Waals surface area contributed by atoms with Crippen LogP contribution in [0.1, 0.15) is 12.8 Å². The lowest BCUT2D eigenvalue weighted by Crippen LogP contribution is -2.33. The fourth-order valence-electron chi connectivity index (χ4n) is 0.620. The van der Waals surface area contributed by atoms with Crippen LogP contribution in [0.2, 0.25) is 0 Å². The van der Waals surface area contributed by atoms with E-state index < -0.39 is 9.05 Å². The SMILES string of the molecule is OCCCC(CO)CO.O[Si](O)(O)O. The van der Waals surface area contributed by atoms with E-state index in [0.29, 0.717) is 12.8 Å². The van der Waals surface area contributed by atoms with E-state index in [1.165, 1.54) is 0 Å². The van der Waals surface area contributed by atoms with E-state index >= 15 is 0 Å². The zero-order valence-corrected chi connectivity index (χ0v) is 8.74. The van der Waals surface area contributed by atoms with Gasteiger partial charge in [-0.25, -0.2) is 0 Å². The molecule has 0 aliphatic heterocycles. The summed E-state index contributed by atoms with van der Waals surface area (Å²) in [6, 6.07) is 0. The molecule has 7 N–H and O–H groups in total. The van der Waals surface area contributed by atoms with Gasteiger partial charge in [-0.1, -0.05) is 0 Å². The molecule has 0 aliphatic carbocycles. The van der Waals surface area contributed by atoms with Crippen LogP contribution in [0, 0.1) is 5.92 Å². The highest BCUT2D eigenvalue weighted by atomic mass is 28.4. The quantitative estimate of drug-likeness (QED) is 0.246. The van der Waals surface area contributed by atoms with Crippen LogP contribution >= 0.6 is 0 Å². The minimum absolute atomic E-state index is 0.0104. The summed E-state index contributed by atoms with van der Waals surface area (Å²) in [4.78, 5) is 29.3. The zero-order valence-electron chi connectivity index (χ0n) is 7.74. The first-order valence-corrected chi connectivity index (χ1v) is 5.86. The van der Waals surface area contributed by atoms with Crippen molar-refractivity contribution >= 4 is 9.05 Å². The smallest absolute Gasteiger partial charge is 0.396 e. The summed E-state index contributed by atoms with van der Waals surface area (Å²) in [5, 5.41) is 25.4. The van der Waals surface area contributed by atoms with Crippen molar-refractivity contribution in [1.82, 2.24) is 0 Å². The first kappa shape index (κ1) is 16.4. The molecule has 88 valence electrons. The van der Waals surface area contributed by atoms with E-state index in [-0.39, 0.29) is 25.7 Å². The van der Waals surface area contributed by atoms with Gasteiger partial charge < -0.3 is 34.5 Å². The van der Waals surface area contributed by atoms with Gasteiger partial charge in [0, 0.05) is 25.7 Å². The summed E-state index contributed by atoms with van der Waals surface area (Å²) in [5.74, 6) is -0.0443. The largest absolute Gasteiger partial charge is 0.668 e. The van der Waals surface area contributed by atoms with E-state index in [1.54, 1.807) is 0 Å². The normalized spacial score (nSPS) is 11.1. The summed E-state index contributed by atoms with van der Waals surface area (Å²) in [5.41, 5.74) is 0. The van der Waals surface area contributed by atoms with Crippen LogP contribution in [-0.2, 0) is 0 Å². The monoisotopic (exact) mass is 230 g/mol. The molecule has 0 saturated heterocycles. The Kier molecular flexibility index (Phi) is 11.1. The molecule has 8 heteroatoms. The van der Waals surface area contributed by atoms with Gasteiger partial charge in [-0.15, -0.1) is 0 Å². The third kappa shape index (κ3) is 22.7. The highest BCUT2D eigenvalue weighted by molar-refractivity contribution is 6.46. The summed E-state index contributed by atoms with van der Waals surface area (Å²) < 4.78 is 0. The molecule has 0 bridgehead atoms. The van der Waals surface area contributed by atoms with Crippen molar-refractivity contribution in [2.45, 2.75) is 12.8 Å². The number of aliphatic hydroxyl groups excluding tert-OH is 3. The van der Waals surface area contributed by atoms with Gasteiger partial charge >= 0.3 is 9.05 Å². The van der Waals surface area contributed by atoms with Gasteiger partial charge in [-0.05, 0) is 12.8 Å². The minimum atomic E-state index is -4.61. The number of hydrogen-bond donors (Lipinski definition) is 7. The maximum atomic E-state index is 8.51. The number of rotatable bonds is 5. The molecule has 0 atom stereocenters. The molecule has 0 aliphatic rings. The van der Waals surface area contributed by atoms with Crippen molar-refractivity contribution in [1.29, 1.82) is 0 Å². The Morgan fingerprint density at radius 2 is 1.21 bits per heavy atom. The average molecular weight is 230 g/mol. The van der Waals surface area contributed by atoms with Crippen molar-refractivity contribution in [3.63, 3.8) is 0 Å². The average Bonchev–Trinajstić information content (AvgIpc) is 2.04. The predicted molar refractivity (Wildman–Crippen MR) is 48.6 cm³/mol. The Hall–Kier alpha value is -0.0631. The van der Waals surface area contributed by atoms with Crippen molar-refractivity contribution < 1.29 is 34.5 Å². The molecular weight excluding hydrogens is 212 g/mol. The lowest BCUT2D eigenvalue weighted by atomic mass is 10.1. The van der Waals surface area contributed by atoms with E-state index in [4.69, 9.17) is 34.5 Å². The van der Waals surface area contributed by atoms with Crippen molar-refractivity contribution in [2.24, 2.45) is 5.92 Å². The fourth-order valence-corrected chi connectivity index (χ4v) is 0.620. The summed E-state index contributed by atoms with van der Waals surface area (Å²) in [6.07, 6.45) is 1.36. The van der Waals surface area contributed by atoms with E-state index in [0.717, 1.165) is 0 Å². The number of aliphatic hydroxyl groups is 3. The van der Waals surface area contributed by atoms with E-state index in [9.17, 15) is 0 Å². The van der Waals surface area contributed by atoms with Crippen molar-refractivity contribution in [2.75, 3.05) is 19.8 Å². The summed E-state index contributed by atoms with van der Waals surface area (Å²) >= 11 is 0. The summed E-state index contributed by atoms with van der Waals surface area (Å²) in [6.45, 7) is 0.156. The standard InChI is InChI=1S/C6H14O3.H4O4Si/c7-3-1-2-6(4-8)5-9;1-5(2,3)4/h6-9H,1-5H2;1-4H. The lowest BCUT2D eigenvalue weighted by molar-refractivity contribution is 0.117. The van der Waals surface area contributed by atoms with Gasteiger partial charge in [-0.3, -0.25) is 0 Å². The maximum Gasteiger partial charge on any atom is 0.668 e. The molecule has 0 amide bonds. The molecular formula is C6H18O7Si. The maximum absolute atomic E-state index is 8.51. The molecule has 7 nitrogen and oxygen atoms in total. The molecule has 0 fully saturated rings. The van der Waals surface area contributed by atoms with Gasteiger partial charge in [0.2, 0.25) is 0 Å². The van der Waals surface area contributed by atoms with Crippen LogP contribution in [0.15, 0.2) is 0 Å². The molecule has 0 radical (unpaired) electrons. The first-order valence-electron chi connectivity index (χ1n) is 4.07. The molecule has 0 unspecified atom stereocenters. The highest BCUT2D eigenvalue weighted by Gasteiger charge is 2.22. The minimum Gasteiger partial charge on any atom is -0.396 e. The molecule has 14 heavy (non-hydrogen) atoms. The highest BCUT2D eigenvalue weighted by Crippen LogP contribution is 2.02. The predicted octanol–water partition coefficient (Wildman–Crippen LogP) is -3.25. The van der Waals surface area contributed by atoms with Gasteiger partial charge in [-0.2, -0.15) is 0 Å². The molecule has 0 aromatic carbocycles. The molecule has 0 saturated carbocycles. The second-order valence-corrected chi connectivity index (χ2v) is 3.90. The topological polar surface area (TPSA) is 142 Å². The Morgan fingerprint density at radius 1 is 0.857 bits per heavy atom. The Balaban J connectivity index is 0. The first-order chi connectivity index (χ1) is 6.35. The Morgan fingerprint density at radius 3 is 1.43 bits per heavy atom. The van der Waals surface area contributed by atoms with Crippen LogP contribution in [0.5, 0.6) is 0 Å². The van der Waals surface area contributed by atoms with Gasteiger partial charge in [0.1, 0.15) is 0 Å². The van der Waals surface area contributed by atoms with Crippen molar-refractivity contribution in [3.8, 4) is 0 Å². The molecule has 0 rings (SSSR count). The van der Waals surface area contributed by atoms with Gasteiger partial charge in [0.15, 0.2) is 0 Å². The molecule has 0 aromatic heterocycles. The Bertz CT molecular complexity index is 105. The molecule has 0 spiro atoms. The third-order valence-electron chi connectivity index (χ3n) is 1.29. The van der Waals surface area contributed by atoms with Crippen LogP contribution in [0.4, 0.5) is 0 Å². The van der Waals surface area contributed by atoms with Crippen LogP contribution in [0.3, 0.4) is 0 Å². The van der Waals surface area contributed by atoms with Gasteiger partial charge in [0.05, 0.1) is 0 Å².